The van der Waals surface area contributed by atoms with Crippen LogP contribution in [0.2, 0.25) is 0 Å². The highest BCUT2D eigenvalue weighted by molar-refractivity contribution is 5.52. The van der Waals surface area contributed by atoms with E-state index < -0.39 is 0 Å². The van der Waals surface area contributed by atoms with Crippen LogP contribution in [0, 0.1) is 5.92 Å². The minimum Gasteiger partial charge on any atom is -0.303 e. The molecule has 1 atom stereocenters. The van der Waals surface area contributed by atoms with Crippen LogP contribution >= 0.6 is 0 Å². The van der Waals surface area contributed by atoms with Crippen molar-refractivity contribution < 1.29 is 4.79 Å². The van der Waals surface area contributed by atoms with Crippen molar-refractivity contribution in [3.05, 3.63) is 12.7 Å². The fraction of sp³-hybridized carbons (Fsp3) is 0.833. The zero-order valence-electron chi connectivity index (χ0n) is 13.0. The zero-order valence-corrected chi connectivity index (χ0v) is 13.0. The predicted molar refractivity (Wildman–Crippen MR) is 85.4 cm³/mol. The van der Waals surface area contributed by atoms with Crippen LogP contribution in [0.4, 0.5) is 0 Å². The second-order valence-electron chi connectivity index (χ2n) is 5.87. The van der Waals surface area contributed by atoms with Crippen molar-refractivity contribution in [3.63, 3.8) is 0 Å². The van der Waals surface area contributed by atoms with Crippen LogP contribution in [0.3, 0.4) is 0 Å². The fourth-order valence-corrected chi connectivity index (χ4v) is 2.41. The van der Waals surface area contributed by atoms with Crippen molar-refractivity contribution in [1.82, 2.24) is 0 Å². The lowest BCUT2D eigenvalue weighted by Crippen LogP contribution is -1.94. The van der Waals surface area contributed by atoms with Gasteiger partial charge >= 0.3 is 0 Å². The third-order valence-electron chi connectivity index (χ3n) is 3.80. The first-order valence-electron chi connectivity index (χ1n) is 8.37. The van der Waals surface area contributed by atoms with Gasteiger partial charge in [-0.25, -0.2) is 0 Å². The number of allylic oxidation sites excluding steroid dienone is 1. The molecule has 0 amide bonds. The summed E-state index contributed by atoms with van der Waals surface area (Å²) in [7, 11) is 0. The molecule has 0 bridgehead atoms. The summed E-state index contributed by atoms with van der Waals surface area (Å²) >= 11 is 0. The summed E-state index contributed by atoms with van der Waals surface area (Å²) in [6, 6.07) is 0. The van der Waals surface area contributed by atoms with Crippen molar-refractivity contribution in [2.75, 3.05) is 0 Å². The van der Waals surface area contributed by atoms with Crippen LogP contribution in [-0.4, -0.2) is 6.29 Å². The largest absolute Gasteiger partial charge is 0.303 e. The molecule has 0 aliphatic heterocycles. The highest BCUT2D eigenvalue weighted by atomic mass is 16.1. The molecule has 0 aliphatic carbocycles. The summed E-state index contributed by atoms with van der Waals surface area (Å²) in [6.45, 7) is 5.76. The van der Waals surface area contributed by atoms with Crippen LogP contribution in [0.25, 0.3) is 0 Å². The minimum atomic E-state index is 0.265. The highest BCUT2D eigenvalue weighted by Gasteiger charge is 1.98. The molecule has 0 N–H and O–H groups in total. The molecule has 0 aliphatic rings. The molecular formula is C18H34O. The van der Waals surface area contributed by atoms with Crippen molar-refractivity contribution in [1.29, 1.82) is 0 Å². The molecule has 1 heteroatoms. The minimum absolute atomic E-state index is 0.265. The van der Waals surface area contributed by atoms with Crippen LogP contribution in [0.1, 0.15) is 90.4 Å². The third-order valence-corrected chi connectivity index (χ3v) is 3.80. The van der Waals surface area contributed by atoms with Crippen molar-refractivity contribution >= 4 is 6.29 Å². The van der Waals surface area contributed by atoms with Crippen LogP contribution in [-0.2, 0) is 4.79 Å². The first-order valence-corrected chi connectivity index (χ1v) is 8.37. The van der Waals surface area contributed by atoms with Gasteiger partial charge in [-0.1, -0.05) is 77.2 Å². The molecule has 1 nitrogen and oxygen atoms in total. The van der Waals surface area contributed by atoms with E-state index in [1.165, 1.54) is 77.0 Å². The van der Waals surface area contributed by atoms with E-state index in [9.17, 15) is 4.79 Å². The maximum Gasteiger partial charge on any atom is 0.122 e. The summed E-state index contributed by atoms with van der Waals surface area (Å²) in [5.74, 6) is 0.265. The molecule has 19 heavy (non-hydrogen) atoms. The quantitative estimate of drug-likeness (QED) is 0.199. The van der Waals surface area contributed by atoms with Gasteiger partial charge in [-0.3, -0.25) is 0 Å². The molecule has 0 rings (SSSR count). The van der Waals surface area contributed by atoms with Crippen molar-refractivity contribution in [2.45, 2.75) is 90.4 Å². The summed E-state index contributed by atoms with van der Waals surface area (Å²) < 4.78 is 0. The lowest BCUT2D eigenvalue weighted by Gasteiger charge is -2.04. The monoisotopic (exact) mass is 266 g/mol. The van der Waals surface area contributed by atoms with Crippen LogP contribution < -0.4 is 0 Å². The third kappa shape index (κ3) is 15.4. The van der Waals surface area contributed by atoms with Gasteiger partial charge < -0.3 is 4.79 Å². The Bertz CT molecular complexity index is 198. The Morgan fingerprint density at radius 2 is 1.21 bits per heavy atom. The smallest absolute Gasteiger partial charge is 0.122 e. The summed E-state index contributed by atoms with van der Waals surface area (Å²) in [4.78, 5) is 10.4. The van der Waals surface area contributed by atoms with Gasteiger partial charge in [0.05, 0.1) is 0 Å². The second kappa shape index (κ2) is 15.5. The van der Waals surface area contributed by atoms with E-state index >= 15 is 0 Å². The van der Waals surface area contributed by atoms with E-state index in [0.29, 0.717) is 0 Å². The van der Waals surface area contributed by atoms with E-state index in [1.807, 2.05) is 13.0 Å². The van der Waals surface area contributed by atoms with Gasteiger partial charge in [-0.2, -0.15) is 0 Å². The van der Waals surface area contributed by atoms with Gasteiger partial charge in [0.25, 0.3) is 0 Å². The molecule has 0 aromatic carbocycles. The SMILES string of the molecule is C=CCCCCCCCCCCCCCC(C)C=O. The van der Waals surface area contributed by atoms with Gasteiger partial charge in [0, 0.05) is 5.92 Å². The normalized spacial score (nSPS) is 12.3. The number of hydrogen-bond acceptors (Lipinski definition) is 1. The maximum atomic E-state index is 10.4. The van der Waals surface area contributed by atoms with E-state index in [-0.39, 0.29) is 5.92 Å². The Balaban J connectivity index is 2.99. The molecule has 112 valence electrons. The Morgan fingerprint density at radius 1 is 0.789 bits per heavy atom. The number of rotatable bonds is 15. The Morgan fingerprint density at radius 3 is 1.63 bits per heavy atom. The molecule has 0 aromatic rings. The standard InChI is InChI=1S/C18H34O/c1-3-4-5-6-7-8-9-10-11-12-13-14-15-16-18(2)17-19/h3,17-18H,1,4-16H2,2H3. The first kappa shape index (κ1) is 18.4. The number of hydrogen-bond donors (Lipinski definition) is 0. The number of carbonyl (C=O) groups is 1. The lowest BCUT2D eigenvalue weighted by atomic mass is 10.0. The molecule has 0 aromatic heterocycles. The average Bonchev–Trinajstić information content (AvgIpc) is 2.43. The van der Waals surface area contributed by atoms with E-state index in [4.69, 9.17) is 0 Å². The van der Waals surface area contributed by atoms with Crippen molar-refractivity contribution in [3.8, 4) is 0 Å². The number of carbonyl (C=O) groups excluding carboxylic acids is 1. The van der Waals surface area contributed by atoms with Crippen molar-refractivity contribution in [2.24, 2.45) is 5.92 Å². The lowest BCUT2D eigenvalue weighted by molar-refractivity contribution is -0.110. The summed E-state index contributed by atoms with van der Waals surface area (Å²) in [5, 5.41) is 0. The number of unbranched alkanes of at least 4 members (excludes halogenated alkanes) is 11. The average molecular weight is 266 g/mol. The molecule has 0 fully saturated rings. The van der Waals surface area contributed by atoms with Gasteiger partial charge in [0.15, 0.2) is 0 Å². The predicted octanol–water partition coefficient (Wildman–Crippen LogP) is 6.08. The summed E-state index contributed by atoms with van der Waals surface area (Å²) in [5.41, 5.74) is 0. The van der Waals surface area contributed by atoms with Gasteiger partial charge in [-0.15, -0.1) is 6.58 Å². The van der Waals surface area contributed by atoms with Gasteiger partial charge in [-0.05, 0) is 19.3 Å². The Kier molecular flexibility index (Phi) is 15.0. The van der Waals surface area contributed by atoms with E-state index in [2.05, 4.69) is 6.58 Å². The molecule has 1 unspecified atom stereocenters. The second-order valence-corrected chi connectivity index (χ2v) is 5.87. The topological polar surface area (TPSA) is 17.1 Å². The highest BCUT2D eigenvalue weighted by Crippen LogP contribution is 2.13. The molecular weight excluding hydrogens is 232 g/mol. The fourth-order valence-electron chi connectivity index (χ4n) is 2.41. The summed E-state index contributed by atoms with van der Waals surface area (Å²) in [6.07, 6.45) is 20.4. The molecule has 0 saturated carbocycles. The molecule has 0 heterocycles. The van der Waals surface area contributed by atoms with E-state index in [1.54, 1.807) is 0 Å². The van der Waals surface area contributed by atoms with Crippen LogP contribution in [0.5, 0.6) is 0 Å². The van der Waals surface area contributed by atoms with Gasteiger partial charge in [0.2, 0.25) is 0 Å². The van der Waals surface area contributed by atoms with Gasteiger partial charge in [0.1, 0.15) is 6.29 Å². The number of aldehydes is 1. The first-order chi connectivity index (χ1) is 9.31. The molecule has 0 saturated heterocycles. The molecule has 0 radical (unpaired) electrons. The zero-order chi connectivity index (χ0) is 14.2. The Labute approximate surface area is 120 Å². The van der Waals surface area contributed by atoms with Crippen LogP contribution in [0.15, 0.2) is 12.7 Å². The Hall–Kier alpha value is -0.590. The molecule has 0 spiro atoms. The van der Waals surface area contributed by atoms with E-state index in [0.717, 1.165) is 12.7 Å². The maximum absolute atomic E-state index is 10.4.